The van der Waals surface area contributed by atoms with Gasteiger partial charge in [0.05, 0.1) is 5.56 Å². The zero-order valence-electron chi connectivity index (χ0n) is 10.7. The first-order valence-corrected chi connectivity index (χ1v) is 6.74. The lowest BCUT2D eigenvalue weighted by Gasteiger charge is -2.11. The molecule has 0 amide bonds. The minimum absolute atomic E-state index is 0.235. The number of aromatic nitrogens is 2. The summed E-state index contributed by atoms with van der Waals surface area (Å²) in [7, 11) is 0. The summed E-state index contributed by atoms with van der Waals surface area (Å²) < 4.78 is 51.9. The quantitative estimate of drug-likeness (QED) is 0.634. The lowest BCUT2D eigenvalue weighted by atomic mass is 10.1. The molecule has 2 aromatic rings. The number of alkyl halides is 3. The van der Waals surface area contributed by atoms with Gasteiger partial charge in [-0.25, -0.2) is 9.37 Å². The average Bonchev–Trinajstić information content (AvgIpc) is 3.21. The highest BCUT2D eigenvalue weighted by molar-refractivity contribution is 7.71. The lowest BCUT2D eigenvalue weighted by molar-refractivity contribution is -0.139. The largest absolute Gasteiger partial charge is 0.419 e. The van der Waals surface area contributed by atoms with Gasteiger partial charge in [0.1, 0.15) is 16.3 Å². The Morgan fingerprint density at radius 3 is 2.52 bits per heavy atom. The van der Waals surface area contributed by atoms with Crippen LogP contribution in [0.1, 0.15) is 30.1 Å². The fourth-order valence-electron chi connectivity index (χ4n) is 2.09. The van der Waals surface area contributed by atoms with E-state index in [0.29, 0.717) is 16.2 Å². The van der Waals surface area contributed by atoms with Gasteiger partial charge in [-0.3, -0.25) is 0 Å². The predicted molar refractivity (Wildman–Crippen MR) is 71.8 cm³/mol. The Balaban J connectivity index is 2.10. The van der Waals surface area contributed by atoms with Crippen molar-refractivity contribution in [1.82, 2.24) is 9.97 Å². The van der Waals surface area contributed by atoms with Gasteiger partial charge in [0, 0.05) is 11.6 Å². The van der Waals surface area contributed by atoms with Crippen molar-refractivity contribution in [3.63, 3.8) is 0 Å². The van der Waals surface area contributed by atoms with E-state index in [9.17, 15) is 17.6 Å². The monoisotopic (exact) mass is 314 g/mol. The molecule has 1 heterocycles. The number of rotatable bonds is 2. The summed E-state index contributed by atoms with van der Waals surface area (Å²) in [6, 6.07) is 4.37. The molecule has 7 heteroatoms. The highest BCUT2D eigenvalue weighted by atomic mass is 32.1. The van der Waals surface area contributed by atoms with Gasteiger partial charge in [-0.15, -0.1) is 0 Å². The van der Waals surface area contributed by atoms with Crippen LogP contribution in [0.3, 0.4) is 0 Å². The number of halogens is 4. The van der Waals surface area contributed by atoms with Gasteiger partial charge in [-0.1, -0.05) is 12.2 Å². The van der Waals surface area contributed by atoms with E-state index in [4.69, 9.17) is 12.2 Å². The standard InChI is InChI=1S/C14H10F4N2S/c15-10-4-3-8(5-9(10)14(16,17)18)11-6-12(21)20-13(19-11)7-1-2-7/h3-7H,1-2H2,(H,19,20,21). The van der Waals surface area contributed by atoms with Crippen molar-refractivity contribution in [3.8, 4) is 11.3 Å². The summed E-state index contributed by atoms with van der Waals surface area (Å²) in [5, 5.41) is 0. The van der Waals surface area contributed by atoms with Crippen LogP contribution in [0.2, 0.25) is 0 Å². The molecule has 2 nitrogen and oxygen atoms in total. The number of benzene rings is 1. The summed E-state index contributed by atoms with van der Waals surface area (Å²) in [5.74, 6) is -0.328. The molecular weight excluding hydrogens is 304 g/mol. The van der Waals surface area contributed by atoms with E-state index in [2.05, 4.69) is 9.97 Å². The molecule has 21 heavy (non-hydrogen) atoms. The zero-order chi connectivity index (χ0) is 15.2. The minimum Gasteiger partial charge on any atom is -0.343 e. The molecule has 110 valence electrons. The van der Waals surface area contributed by atoms with E-state index < -0.39 is 17.6 Å². The number of nitrogens with one attached hydrogen (secondary N) is 1. The maximum atomic E-state index is 13.3. The fraction of sp³-hybridized carbons (Fsp3) is 0.286. The first kappa shape index (κ1) is 14.2. The second-order valence-corrected chi connectivity index (χ2v) is 5.40. The summed E-state index contributed by atoms with van der Waals surface area (Å²) >= 11 is 5.04. The number of hydrogen-bond acceptors (Lipinski definition) is 2. The Morgan fingerprint density at radius 1 is 1.19 bits per heavy atom. The van der Waals surface area contributed by atoms with Crippen molar-refractivity contribution in [1.29, 1.82) is 0 Å². The maximum absolute atomic E-state index is 13.3. The van der Waals surface area contributed by atoms with Crippen molar-refractivity contribution in [2.75, 3.05) is 0 Å². The average molecular weight is 314 g/mol. The molecule has 1 aliphatic rings. The molecule has 0 saturated heterocycles. The predicted octanol–water partition coefficient (Wildman–Crippen LogP) is 4.84. The topological polar surface area (TPSA) is 28.7 Å². The summed E-state index contributed by atoms with van der Waals surface area (Å²) in [4.78, 5) is 7.17. The Labute approximate surface area is 122 Å². The van der Waals surface area contributed by atoms with Gasteiger partial charge in [-0.2, -0.15) is 13.2 Å². The molecule has 0 spiro atoms. The minimum atomic E-state index is -4.73. The summed E-state index contributed by atoms with van der Waals surface area (Å²) in [6.45, 7) is 0. The van der Waals surface area contributed by atoms with Gasteiger partial charge in [-0.05, 0) is 42.7 Å². The number of aromatic amines is 1. The number of hydrogen-bond donors (Lipinski definition) is 1. The molecule has 1 fully saturated rings. The van der Waals surface area contributed by atoms with Crippen LogP contribution in [-0.2, 0) is 6.18 Å². The maximum Gasteiger partial charge on any atom is 0.419 e. The van der Waals surface area contributed by atoms with Crippen molar-refractivity contribution in [2.45, 2.75) is 24.9 Å². The van der Waals surface area contributed by atoms with Crippen molar-refractivity contribution < 1.29 is 17.6 Å². The van der Waals surface area contributed by atoms with E-state index in [1.54, 1.807) is 0 Å². The lowest BCUT2D eigenvalue weighted by Crippen LogP contribution is -2.08. The molecule has 0 atom stereocenters. The van der Waals surface area contributed by atoms with Crippen molar-refractivity contribution in [3.05, 3.63) is 46.1 Å². The molecule has 3 rings (SSSR count). The molecule has 0 bridgehead atoms. The smallest absolute Gasteiger partial charge is 0.343 e. The SMILES string of the molecule is Fc1ccc(-c2cc(=S)nc(C3CC3)[nH]2)cc1C(F)(F)F. The van der Waals surface area contributed by atoms with Crippen LogP contribution >= 0.6 is 12.2 Å². The van der Waals surface area contributed by atoms with Crippen LogP contribution in [0.15, 0.2) is 24.3 Å². The van der Waals surface area contributed by atoms with Crippen LogP contribution in [0.5, 0.6) is 0 Å². The fourth-order valence-corrected chi connectivity index (χ4v) is 2.31. The number of H-pyrrole nitrogens is 1. The van der Waals surface area contributed by atoms with Gasteiger partial charge >= 0.3 is 6.18 Å². The van der Waals surface area contributed by atoms with Crippen LogP contribution < -0.4 is 0 Å². The highest BCUT2D eigenvalue weighted by Gasteiger charge is 2.34. The van der Waals surface area contributed by atoms with Gasteiger partial charge in [0.25, 0.3) is 0 Å². The molecule has 1 aromatic heterocycles. The molecule has 1 aliphatic carbocycles. The highest BCUT2D eigenvalue weighted by Crippen LogP contribution is 2.39. The van der Waals surface area contributed by atoms with Crippen molar-refractivity contribution >= 4 is 12.2 Å². The Hall–Kier alpha value is -1.76. The van der Waals surface area contributed by atoms with E-state index in [1.807, 2.05) is 0 Å². The third-order valence-electron chi connectivity index (χ3n) is 3.31. The Bertz CT molecular complexity index is 747. The van der Waals surface area contributed by atoms with E-state index in [-0.39, 0.29) is 11.5 Å². The van der Waals surface area contributed by atoms with E-state index in [0.717, 1.165) is 25.0 Å². The summed E-state index contributed by atoms with van der Waals surface area (Å²) in [5.41, 5.74) is -0.634. The van der Waals surface area contributed by atoms with E-state index >= 15 is 0 Å². The van der Waals surface area contributed by atoms with Crippen LogP contribution in [0.25, 0.3) is 11.3 Å². The molecule has 1 N–H and O–H groups in total. The zero-order valence-corrected chi connectivity index (χ0v) is 11.5. The first-order valence-electron chi connectivity index (χ1n) is 6.33. The summed E-state index contributed by atoms with van der Waals surface area (Å²) in [6.07, 6.45) is -2.76. The molecular formula is C14H10F4N2S. The Morgan fingerprint density at radius 2 is 1.90 bits per heavy atom. The van der Waals surface area contributed by atoms with Crippen LogP contribution in [-0.4, -0.2) is 9.97 Å². The van der Waals surface area contributed by atoms with Crippen LogP contribution in [0.4, 0.5) is 17.6 Å². The Kier molecular flexibility index (Phi) is 3.32. The normalized spacial score (nSPS) is 15.2. The molecule has 0 aliphatic heterocycles. The third kappa shape index (κ3) is 2.97. The van der Waals surface area contributed by atoms with E-state index in [1.165, 1.54) is 12.1 Å². The first-order chi connectivity index (χ1) is 9.84. The second kappa shape index (κ2) is 4.91. The van der Waals surface area contributed by atoms with Crippen LogP contribution in [0, 0.1) is 10.5 Å². The number of nitrogens with zero attached hydrogens (tertiary/aromatic N) is 1. The molecule has 1 aromatic carbocycles. The van der Waals surface area contributed by atoms with Crippen molar-refractivity contribution in [2.24, 2.45) is 0 Å². The van der Waals surface area contributed by atoms with Gasteiger partial charge in [0.2, 0.25) is 0 Å². The molecule has 0 radical (unpaired) electrons. The van der Waals surface area contributed by atoms with Gasteiger partial charge < -0.3 is 4.98 Å². The molecule has 1 saturated carbocycles. The second-order valence-electron chi connectivity index (χ2n) is 4.98. The van der Waals surface area contributed by atoms with Gasteiger partial charge in [0.15, 0.2) is 0 Å². The third-order valence-corrected chi connectivity index (χ3v) is 3.52. The molecule has 0 unspecified atom stereocenters.